The topological polar surface area (TPSA) is 90.7 Å². The molecule has 9 heteroatoms. The van der Waals surface area contributed by atoms with Gasteiger partial charge >= 0.3 is 6.03 Å². The van der Waals surface area contributed by atoms with Gasteiger partial charge < -0.3 is 20.2 Å². The summed E-state index contributed by atoms with van der Waals surface area (Å²) in [5, 5.41) is 18.0. The van der Waals surface area contributed by atoms with E-state index in [4.69, 9.17) is 11.6 Å². The number of amides is 3. The van der Waals surface area contributed by atoms with Crippen LogP contribution in [0.4, 0.5) is 4.79 Å². The van der Waals surface area contributed by atoms with E-state index in [0.717, 1.165) is 49.8 Å². The molecule has 2 fully saturated rings. The molecular weight excluding hydrogens is 454 g/mol. The number of carbonyl (C=O) groups excluding carboxylic acids is 2. The van der Waals surface area contributed by atoms with E-state index in [1.165, 1.54) is 0 Å². The summed E-state index contributed by atoms with van der Waals surface area (Å²) in [6, 6.07) is 9.54. The molecule has 0 aliphatic carbocycles. The Morgan fingerprint density at radius 3 is 2.53 bits per heavy atom. The van der Waals surface area contributed by atoms with Crippen LogP contribution in [0.25, 0.3) is 0 Å². The minimum atomic E-state index is -0.127. The average molecular weight is 486 g/mol. The molecule has 182 valence electrons. The molecule has 5 rings (SSSR count). The van der Waals surface area contributed by atoms with Crippen molar-refractivity contribution in [1.82, 2.24) is 24.9 Å². The Bertz CT molecular complexity index is 1030. The fraction of sp³-hybridized carbons (Fsp3) is 0.560. The summed E-state index contributed by atoms with van der Waals surface area (Å²) >= 11 is 5.94. The Morgan fingerprint density at radius 1 is 1.09 bits per heavy atom. The van der Waals surface area contributed by atoms with E-state index in [2.05, 4.69) is 10.4 Å². The van der Waals surface area contributed by atoms with Gasteiger partial charge in [-0.1, -0.05) is 23.7 Å². The van der Waals surface area contributed by atoms with Crippen molar-refractivity contribution in [3.05, 3.63) is 52.3 Å². The van der Waals surface area contributed by atoms with E-state index in [0.29, 0.717) is 36.9 Å². The number of carbonyl (C=O) groups is 2. The zero-order chi connectivity index (χ0) is 23.7. The third-order valence-corrected chi connectivity index (χ3v) is 7.69. The third-order valence-electron chi connectivity index (χ3n) is 7.44. The number of rotatable bonds is 4. The number of aliphatic hydroxyl groups is 1. The standard InChI is InChI=1S/C25H32ClN5O3/c26-19-7-5-17(6-8-19)14-27-25(34)29-9-2-10-30-22(15-29)13-23(28-30)24(33)31-20-3-1-4-21(31)12-18(11-20)16-32/h5-8,13,18,20-21,32H,1-4,9-12,14-16H2,(H,27,34). The normalized spacial score (nSPS) is 24.4. The lowest BCUT2D eigenvalue weighted by Gasteiger charge is -2.48. The maximum atomic E-state index is 13.5. The minimum absolute atomic E-state index is 0.00889. The lowest BCUT2D eigenvalue weighted by atomic mass is 9.78. The summed E-state index contributed by atoms with van der Waals surface area (Å²) < 4.78 is 1.88. The molecular formula is C25H32ClN5O3. The molecule has 0 radical (unpaired) electrons. The van der Waals surface area contributed by atoms with Crippen LogP contribution in [0.5, 0.6) is 0 Å². The van der Waals surface area contributed by atoms with Crippen LogP contribution in [0.2, 0.25) is 5.02 Å². The number of nitrogens with zero attached hydrogens (tertiary/aromatic N) is 4. The monoisotopic (exact) mass is 485 g/mol. The lowest BCUT2D eigenvalue weighted by molar-refractivity contribution is 0.00393. The lowest BCUT2D eigenvalue weighted by Crippen LogP contribution is -2.55. The molecule has 0 saturated carbocycles. The number of hydrogen-bond acceptors (Lipinski definition) is 4. The Labute approximate surface area is 204 Å². The highest BCUT2D eigenvalue weighted by molar-refractivity contribution is 6.30. The summed E-state index contributed by atoms with van der Waals surface area (Å²) in [5.41, 5.74) is 2.34. The molecule has 8 nitrogen and oxygen atoms in total. The third kappa shape index (κ3) is 4.79. The fourth-order valence-corrected chi connectivity index (χ4v) is 5.86. The second-order valence-electron chi connectivity index (χ2n) is 9.78. The van der Waals surface area contributed by atoms with Crippen LogP contribution in [-0.2, 0) is 19.6 Å². The van der Waals surface area contributed by atoms with Gasteiger partial charge in [-0.05, 0) is 68.2 Å². The van der Waals surface area contributed by atoms with Crippen molar-refractivity contribution >= 4 is 23.5 Å². The predicted octanol–water partition coefficient (Wildman–Crippen LogP) is 3.42. The molecule has 0 spiro atoms. The highest BCUT2D eigenvalue weighted by atomic mass is 35.5. The van der Waals surface area contributed by atoms with E-state index in [-0.39, 0.29) is 36.5 Å². The molecule has 1 aromatic heterocycles. The van der Waals surface area contributed by atoms with Gasteiger partial charge in [-0.15, -0.1) is 0 Å². The van der Waals surface area contributed by atoms with Crippen LogP contribution >= 0.6 is 11.6 Å². The van der Waals surface area contributed by atoms with Gasteiger partial charge in [-0.25, -0.2) is 4.79 Å². The smallest absolute Gasteiger partial charge is 0.318 e. The van der Waals surface area contributed by atoms with Gasteiger partial charge in [0.25, 0.3) is 5.91 Å². The van der Waals surface area contributed by atoms with Gasteiger partial charge in [0.2, 0.25) is 0 Å². The number of piperidine rings is 2. The molecule has 3 aliphatic rings. The van der Waals surface area contributed by atoms with Gasteiger partial charge in [0.15, 0.2) is 5.69 Å². The van der Waals surface area contributed by atoms with Gasteiger partial charge in [-0.2, -0.15) is 5.10 Å². The van der Waals surface area contributed by atoms with Crippen LogP contribution in [0.3, 0.4) is 0 Å². The number of benzene rings is 1. The van der Waals surface area contributed by atoms with Crippen LogP contribution in [0, 0.1) is 5.92 Å². The maximum absolute atomic E-state index is 13.5. The van der Waals surface area contributed by atoms with Crippen molar-refractivity contribution in [2.24, 2.45) is 5.92 Å². The molecule has 2 saturated heterocycles. The summed E-state index contributed by atoms with van der Waals surface area (Å²) in [6.45, 7) is 2.37. The summed E-state index contributed by atoms with van der Waals surface area (Å²) in [4.78, 5) is 30.2. The SMILES string of the molecule is O=C(NCc1ccc(Cl)cc1)N1CCCn2nc(C(=O)N3C4CCCC3CC(CO)C4)cc2C1. The van der Waals surface area contributed by atoms with Gasteiger partial charge in [-0.3, -0.25) is 9.48 Å². The molecule has 2 bridgehead atoms. The summed E-state index contributed by atoms with van der Waals surface area (Å²) in [6.07, 6.45) is 5.64. The number of aliphatic hydroxyl groups excluding tert-OH is 1. The molecule has 2 aromatic rings. The zero-order valence-corrected chi connectivity index (χ0v) is 20.1. The molecule has 34 heavy (non-hydrogen) atoms. The van der Waals surface area contributed by atoms with Crippen molar-refractivity contribution in [2.45, 2.75) is 70.2 Å². The molecule has 1 aromatic carbocycles. The highest BCUT2D eigenvalue weighted by Crippen LogP contribution is 2.37. The second-order valence-corrected chi connectivity index (χ2v) is 10.2. The zero-order valence-electron chi connectivity index (χ0n) is 19.3. The van der Waals surface area contributed by atoms with Crippen molar-refractivity contribution < 1.29 is 14.7 Å². The molecule has 4 heterocycles. The first-order valence-corrected chi connectivity index (χ1v) is 12.7. The van der Waals surface area contributed by atoms with E-state index in [1.807, 2.05) is 39.9 Å². The first kappa shape index (κ1) is 23.2. The molecule has 3 amide bonds. The Hall–Kier alpha value is -2.58. The number of fused-ring (bicyclic) bond motifs is 3. The van der Waals surface area contributed by atoms with Crippen LogP contribution in [0.1, 0.15) is 60.3 Å². The van der Waals surface area contributed by atoms with E-state index >= 15 is 0 Å². The van der Waals surface area contributed by atoms with Crippen molar-refractivity contribution in [2.75, 3.05) is 13.2 Å². The quantitative estimate of drug-likeness (QED) is 0.694. The minimum Gasteiger partial charge on any atom is -0.396 e. The van der Waals surface area contributed by atoms with Crippen LogP contribution in [0.15, 0.2) is 30.3 Å². The molecule has 2 atom stereocenters. The van der Waals surface area contributed by atoms with Crippen molar-refractivity contribution in [1.29, 1.82) is 0 Å². The Balaban J connectivity index is 1.25. The number of urea groups is 1. The van der Waals surface area contributed by atoms with Gasteiger partial charge in [0.1, 0.15) is 0 Å². The van der Waals surface area contributed by atoms with Crippen molar-refractivity contribution in [3.8, 4) is 0 Å². The average Bonchev–Trinajstić information content (AvgIpc) is 3.13. The van der Waals surface area contributed by atoms with E-state index in [1.54, 1.807) is 4.90 Å². The molecule has 3 aliphatic heterocycles. The summed E-state index contributed by atoms with van der Waals surface area (Å²) in [5.74, 6) is 0.281. The van der Waals surface area contributed by atoms with E-state index in [9.17, 15) is 14.7 Å². The van der Waals surface area contributed by atoms with E-state index < -0.39 is 0 Å². The fourth-order valence-electron chi connectivity index (χ4n) is 5.74. The van der Waals surface area contributed by atoms with Crippen molar-refractivity contribution in [3.63, 3.8) is 0 Å². The largest absolute Gasteiger partial charge is 0.396 e. The molecule has 2 N–H and O–H groups in total. The Kier molecular flexibility index (Phi) is 6.79. The Morgan fingerprint density at radius 2 is 1.82 bits per heavy atom. The highest BCUT2D eigenvalue weighted by Gasteiger charge is 2.41. The number of halogens is 1. The summed E-state index contributed by atoms with van der Waals surface area (Å²) in [7, 11) is 0. The first-order valence-electron chi connectivity index (χ1n) is 12.3. The second kappa shape index (κ2) is 9.96. The number of hydrogen-bond donors (Lipinski definition) is 2. The number of aromatic nitrogens is 2. The number of aryl methyl sites for hydroxylation is 1. The maximum Gasteiger partial charge on any atom is 0.318 e. The number of nitrogens with one attached hydrogen (secondary N) is 1. The van der Waals surface area contributed by atoms with Gasteiger partial charge in [0, 0.05) is 43.3 Å². The first-order chi connectivity index (χ1) is 16.5. The predicted molar refractivity (Wildman–Crippen MR) is 128 cm³/mol. The van der Waals surface area contributed by atoms with Gasteiger partial charge in [0.05, 0.1) is 12.2 Å². The van der Waals surface area contributed by atoms with Crippen LogP contribution < -0.4 is 5.32 Å². The molecule has 2 unspecified atom stereocenters. The van der Waals surface area contributed by atoms with Crippen LogP contribution in [-0.4, -0.2) is 61.9 Å².